The van der Waals surface area contributed by atoms with Crippen LogP contribution in [0.2, 0.25) is 5.02 Å². The Morgan fingerprint density at radius 1 is 1.44 bits per heavy atom. The van der Waals surface area contributed by atoms with Gasteiger partial charge in [-0.15, -0.1) is 0 Å². The van der Waals surface area contributed by atoms with Gasteiger partial charge >= 0.3 is 6.03 Å². The number of hydrogen-bond acceptors (Lipinski definition) is 2. The standard InChI is InChI=1S/C13H18ClN3O/c14-10-4-3-6-11(8-10)17-13(18)16-9-12-5-1-2-7-15-12/h3-4,6,8,12,15H,1-2,5,7,9H2,(H2,16,17,18). The van der Waals surface area contributed by atoms with E-state index in [1.165, 1.54) is 12.8 Å². The van der Waals surface area contributed by atoms with Crippen LogP contribution in [0.25, 0.3) is 0 Å². The van der Waals surface area contributed by atoms with E-state index in [4.69, 9.17) is 11.6 Å². The van der Waals surface area contributed by atoms with Crippen LogP contribution in [-0.2, 0) is 0 Å². The third-order valence-electron chi connectivity index (χ3n) is 3.00. The molecule has 0 bridgehead atoms. The zero-order valence-electron chi connectivity index (χ0n) is 10.2. The first kappa shape index (κ1) is 13.2. The van der Waals surface area contributed by atoms with E-state index >= 15 is 0 Å². The van der Waals surface area contributed by atoms with Crippen molar-refractivity contribution < 1.29 is 4.79 Å². The largest absolute Gasteiger partial charge is 0.336 e. The lowest BCUT2D eigenvalue weighted by atomic mass is 10.1. The van der Waals surface area contributed by atoms with Crippen LogP contribution in [0.4, 0.5) is 10.5 Å². The van der Waals surface area contributed by atoms with Crippen molar-refractivity contribution in [2.75, 3.05) is 18.4 Å². The Labute approximate surface area is 112 Å². The normalized spacial score (nSPS) is 19.3. The fourth-order valence-electron chi connectivity index (χ4n) is 2.06. The number of rotatable bonds is 3. The van der Waals surface area contributed by atoms with Crippen molar-refractivity contribution >= 4 is 23.3 Å². The molecule has 1 heterocycles. The molecule has 98 valence electrons. The van der Waals surface area contributed by atoms with Crippen molar-refractivity contribution in [1.82, 2.24) is 10.6 Å². The number of nitrogens with one attached hydrogen (secondary N) is 3. The van der Waals surface area contributed by atoms with Crippen molar-refractivity contribution in [1.29, 1.82) is 0 Å². The molecule has 1 aromatic rings. The summed E-state index contributed by atoms with van der Waals surface area (Å²) in [5, 5.41) is 9.62. The summed E-state index contributed by atoms with van der Waals surface area (Å²) in [4.78, 5) is 11.7. The second-order valence-electron chi connectivity index (χ2n) is 4.49. The lowest BCUT2D eigenvalue weighted by Crippen LogP contribution is -2.44. The minimum atomic E-state index is -0.190. The summed E-state index contributed by atoms with van der Waals surface area (Å²) in [5.74, 6) is 0. The van der Waals surface area contributed by atoms with Gasteiger partial charge in [-0.25, -0.2) is 4.79 Å². The molecule has 1 aliphatic rings. The molecule has 1 fully saturated rings. The molecule has 1 saturated heterocycles. The van der Waals surface area contributed by atoms with Crippen molar-refractivity contribution in [3.63, 3.8) is 0 Å². The van der Waals surface area contributed by atoms with Crippen molar-refractivity contribution in [2.24, 2.45) is 0 Å². The van der Waals surface area contributed by atoms with Gasteiger partial charge in [-0.1, -0.05) is 24.1 Å². The van der Waals surface area contributed by atoms with Crippen molar-refractivity contribution in [3.05, 3.63) is 29.3 Å². The Kier molecular flexibility index (Phi) is 4.84. The number of carbonyl (C=O) groups is 1. The third kappa shape index (κ3) is 4.20. The maximum absolute atomic E-state index is 11.7. The van der Waals surface area contributed by atoms with Crippen LogP contribution in [-0.4, -0.2) is 25.2 Å². The average molecular weight is 268 g/mol. The molecule has 0 spiro atoms. The lowest BCUT2D eigenvalue weighted by Gasteiger charge is -2.23. The second-order valence-corrected chi connectivity index (χ2v) is 4.93. The molecular weight excluding hydrogens is 250 g/mol. The van der Waals surface area contributed by atoms with Gasteiger partial charge in [0.05, 0.1) is 0 Å². The molecule has 1 atom stereocenters. The SMILES string of the molecule is O=C(NCC1CCCCN1)Nc1cccc(Cl)c1. The summed E-state index contributed by atoms with van der Waals surface area (Å²) < 4.78 is 0. The first-order valence-corrected chi connectivity index (χ1v) is 6.65. The fraction of sp³-hybridized carbons (Fsp3) is 0.462. The molecule has 5 heteroatoms. The topological polar surface area (TPSA) is 53.2 Å². The van der Waals surface area contributed by atoms with Crippen LogP contribution in [0, 0.1) is 0 Å². The van der Waals surface area contributed by atoms with E-state index in [0.29, 0.717) is 23.3 Å². The Morgan fingerprint density at radius 2 is 2.33 bits per heavy atom. The molecular formula is C13H18ClN3O. The van der Waals surface area contributed by atoms with Crippen LogP contribution in [0.3, 0.4) is 0 Å². The minimum Gasteiger partial charge on any atom is -0.336 e. The second kappa shape index (κ2) is 6.61. The van der Waals surface area contributed by atoms with E-state index in [0.717, 1.165) is 13.0 Å². The van der Waals surface area contributed by atoms with Crippen molar-refractivity contribution in [2.45, 2.75) is 25.3 Å². The van der Waals surface area contributed by atoms with E-state index in [2.05, 4.69) is 16.0 Å². The summed E-state index contributed by atoms with van der Waals surface area (Å²) in [5.41, 5.74) is 0.705. The van der Waals surface area contributed by atoms with Gasteiger partial charge in [-0.05, 0) is 37.6 Å². The molecule has 0 saturated carbocycles. The molecule has 0 aliphatic carbocycles. The lowest BCUT2D eigenvalue weighted by molar-refractivity contribution is 0.249. The maximum Gasteiger partial charge on any atom is 0.319 e. The van der Waals surface area contributed by atoms with Gasteiger partial charge in [0.1, 0.15) is 0 Å². The average Bonchev–Trinajstić information content (AvgIpc) is 2.38. The molecule has 2 amide bonds. The smallest absolute Gasteiger partial charge is 0.319 e. The van der Waals surface area contributed by atoms with Gasteiger partial charge in [0, 0.05) is 23.3 Å². The molecule has 0 radical (unpaired) electrons. The van der Waals surface area contributed by atoms with Crippen LogP contribution >= 0.6 is 11.6 Å². The highest BCUT2D eigenvalue weighted by molar-refractivity contribution is 6.30. The first-order chi connectivity index (χ1) is 8.74. The molecule has 1 aromatic carbocycles. The molecule has 1 unspecified atom stereocenters. The van der Waals surface area contributed by atoms with E-state index in [-0.39, 0.29) is 6.03 Å². The highest BCUT2D eigenvalue weighted by Gasteiger charge is 2.13. The summed E-state index contributed by atoms with van der Waals surface area (Å²) in [6, 6.07) is 7.31. The van der Waals surface area contributed by atoms with Crippen LogP contribution in [0.5, 0.6) is 0 Å². The number of urea groups is 1. The Bertz CT molecular complexity index is 405. The summed E-state index contributed by atoms with van der Waals surface area (Å²) in [6.45, 7) is 1.70. The van der Waals surface area contributed by atoms with Crippen LogP contribution in [0.15, 0.2) is 24.3 Å². The highest BCUT2D eigenvalue weighted by atomic mass is 35.5. The zero-order valence-corrected chi connectivity index (χ0v) is 11.0. The highest BCUT2D eigenvalue weighted by Crippen LogP contribution is 2.14. The molecule has 0 aromatic heterocycles. The van der Waals surface area contributed by atoms with E-state index in [9.17, 15) is 4.79 Å². The number of anilines is 1. The molecule has 4 nitrogen and oxygen atoms in total. The predicted octanol–water partition coefficient (Wildman–Crippen LogP) is 2.60. The summed E-state index contributed by atoms with van der Waals surface area (Å²) in [7, 11) is 0. The zero-order chi connectivity index (χ0) is 12.8. The Hall–Kier alpha value is -1.26. The minimum absolute atomic E-state index is 0.190. The van der Waals surface area contributed by atoms with Crippen molar-refractivity contribution in [3.8, 4) is 0 Å². The van der Waals surface area contributed by atoms with Gasteiger partial charge in [0.25, 0.3) is 0 Å². The molecule has 18 heavy (non-hydrogen) atoms. The van der Waals surface area contributed by atoms with Gasteiger partial charge in [0.2, 0.25) is 0 Å². The number of piperidine rings is 1. The molecule has 1 aliphatic heterocycles. The van der Waals surface area contributed by atoms with Crippen LogP contribution in [0.1, 0.15) is 19.3 Å². The van der Waals surface area contributed by atoms with Gasteiger partial charge in [-0.3, -0.25) is 0 Å². The van der Waals surface area contributed by atoms with Gasteiger partial charge in [0.15, 0.2) is 0 Å². The monoisotopic (exact) mass is 267 g/mol. The number of amides is 2. The fourth-order valence-corrected chi connectivity index (χ4v) is 2.25. The molecule has 3 N–H and O–H groups in total. The number of halogens is 1. The van der Waals surface area contributed by atoms with E-state index in [1.54, 1.807) is 18.2 Å². The van der Waals surface area contributed by atoms with Crippen LogP contribution < -0.4 is 16.0 Å². The number of carbonyl (C=O) groups excluding carboxylic acids is 1. The number of hydrogen-bond donors (Lipinski definition) is 3. The van der Waals surface area contributed by atoms with E-state index < -0.39 is 0 Å². The van der Waals surface area contributed by atoms with Gasteiger partial charge < -0.3 is 16.0 Å². The quantitative estimate of drug-likeness (QED) is 0.789. The summed E-state index contributed by atoms with van der Waals surface area (Å²) in [6.07, 6.45) is 3.58. The first-order valence-electron chi connectivity index (χ1n) is 6.28. The maximum atomic E-state index is 11.7. The Morgan fingerprint density at radius 3 is 3.06 bits per heavy atom. The van der Waals surface area contributed by atoms with Gasteiger partial charge in [-0.2, -0.15) is 0 Å². The summed E-state index contributed by atoms with van der Waals surface area (Å²) >= 11 is 5.85. The predicted molar refractivity (Wildman–Crippen MR) is 74.1 cm³/mol. The number of benzene rings is 1. The Balaban J connectivity index is 1.74. The third-order valence-corrected chi connectivity index (χ3v) is 3.24. The van der Waals surface area contributed by atoms with E-state index in [1.807, 2.05) is 6.07 Å². The molecule has 2 rings (SSSR count).